The zero-order valence-electron chi connectivity index (χ0n) is 13.0. The van der Waals surface area contributed by atoms with E-state index in [1.54, 1.807) is 14.0 Å². The van der Waals surface area contributed by atoms with Crippen LogP contribution in [0.5, 0.6) is 5.75 Å². The zero-order valence-corrected chi connectivity index (χ0v) is 13.0. The molecule has 4 heteroatoms. The maximum atomic E-state index is 12.1. The van der Waals surface area contributed by atoms with Gasteiger partial charge in [-0.2, -0.15) is 0 Å². The SMILES string of the molecule is COc1cccc(N(CCO)C2CCCCC2)c1C(C)=O. The van der Waals surface area contributed by atoms with Crippen molar-refractivity contribution in [3.05, 3.63) is 23.8 Å². The van der Waals surface area contributed by atoms with Crippen LogP contribution in [-0.4, -0.2) is 37.2 Å². The molecule has 4 nitrogen and oxygen atoms in total. The predicted octanol–water partition coefficient (Wildman–Crippen LogP) is 3.03. The third kappa shape index (κ3) is 3.56. The Kier molecular flexibility index (Phi) is 5.62. The molecular formula is C17H25NO3. The van der Waals surface area contributed by atoms with Gasteiger partial charge in [-0.1, -0.05) is 25.3 Å². The summed E-state index contributed by atoms with van der Waals surface area (Å²) in [5, 5.41) is 9.43. The molecule has 116 valence electrons. The lowest BCUT2D eigenvalue weighted by molar-refractivity contribution is 0.101. The molecule has 0 aliphatic heterocycles. The highest BCUT2D eigenvalue weighted by molar-refractivity contribution is 6.02. The van der Waals surface area contributed by atoms with Crippen molar-refractivity contribution in [1.29, 1.82) is 0 Å². The summed E-state index contributed by atoms with van der Waals surface area (Å²) in [6.07, 6.45) is 5.95. The molecule has 1 aromatic carbocycles. The minimum atomic E-state index is 0.00111. The van der Waals surface area contributed by atoms with Crippen molar-refractivity contribution in [2.75, 3.05) is 25.2 Å². The summed E-state index contributed by atoms with van der Waals surface area (Å²) in [5.74, 6) is 0.611. The molecule has 1 saturated carbocycles. The minimum absolute atomic E-state index is 0.00111. The summed E-state index contributed by atoms with van der Waals surface area (Å²) in [7, 11) is 1.59. The topological polar surface area (TPSA) is 49.8 Å². The fraction of sp³-hybridized carbons (Fsp3) is 0.588. The van der Waals surface area contributed by atoms with Crippen LogP contribution in [0, 0.1) is 0 Å². The third-order valence-electron chi connectivity index (χ3n) is 4.24. The molecule has 0 atom stereocenters. The van der Waals surface area contributed by atoms with Crippen LogP contribution in [0.25, 0.3) is 0 Å². The number of hydrogen-bond acceptors (Lipinski definition) is 4. The second-order valence-electron chi connectivity index (χ2n) is 5.62. The average Bonchev–Trinajstić information content (AvgIpc) is 2.52. The molecule has 1 aliphatic rings. The second kappa shape index (κ2) is 7.46. The number of ether oxygens (including phenoxy) is 1. The highest BCUT2D eigenvalue weighted by atomic mass is 16.5. The quantitative estimate of drug-likeness (QED) is 0.819. The fourth-order valence-corrected chi connectivity index (χ4v) is 3.28. The number of anilines is 1. The van der Waals surface area contributed by atoms with E-state index in [4.69, 9.17) is 4.74 Å². The molecule has 0 aromatic heterocycles. The smallest absolute Gasteiger partial charge is 0.165 e. The predicted molar refractivity (Wildman–Crippen MR) is 84.3 cm³/mol. The molecule has 1 aliphatic carbocycles. The maximum Gasteiger partial charge on any atom is 0.165 e. The summed E-state index contributed by atoms with van der Waals surface area (Å²) in [5.41, 5.74) is 1.52. The van der Waals surface area contributed by atoms with Gasteiger partial charge >= 0.3 is 0 Å². The summed E-state index contributed by atoms with van der Waals surface area (Å²) < 4.78 is 5.35. The highest BCUT2D eigenvalue weighted by Crippen LogP contribution is 2.34. The molecule has 0 radical (unpaired) electrons. The third-order valence-corrected chi connectivity index (χ3v) is 4.24. The number of methoxy groups -OCH3 is 1. The van der Waals surface area contributed by atoms with Gasteiger partial charge in [0, 0.05) is 12.6 Å². The monoisotopic (exact) mass is 291 g/mol. The molecule has 0 amide bonds. The first kappa shape index (κ1) is 15.8. The number of ketones is 1. The largest absolute Gasteiger partial charge is 0.496 e. The second-order valence-corrected chi connectivity index (χ2v) is 5.62. The van der Waals surface area contributed by atoms with E-state index in [1.165, 1.54) is 19.3 Å². The van der Waals surface area contributed by atoms with Crippen LogP contribution < -0.4 is 9.64 Å². The number of hydrogen-bond donors (Lipinski definition) is 1. The Morgan fingerprint density at radius 2 is 2.05 bits per heavy atom. The van der Waals surface area contributed by atoms with E-state index in [9.17, 15) is 9.90 Å². The number of carbonyl (C=O) groups excluding carboxylic acids is 1. The number of rotatable bonds is 6. The molecule has 0 unspecified atom stereocenters. The van der Waals surface area contributed by atoms with Crippen molar-refractivity contribution in [2.24, 2.45) is 0 Å². The van der Waals surface area contributed by atoms with Gasteiger partial charge in [-0.3, -0.25) is 4.79 Å². The van der Waals surface area contributed by atoms with Crippen LogP contribution >= 0.6 is 0 Å². The standard InChI is InChI=1S/C17H25NO3/c1-13(20)17-15(9-6-10-16(17)21-2)18(11-12-19)14-7-4-3-5-8-14/h6,9-10,14,19H,3-5,7-8,11-12H2,1-2H3. The Bertz CT molecular complexity index is 481. The molecule has 1 fully saturated rings. The lowest BCUT2D eigenvalue weighted by Gasteiger charge is -2.37. The minimum Gasteiger partial charge on any atom is -0.496 e. The first-order valence-electron chi connectivity index (χ1n) is 7.74. The van der Waals surface area contributed by atoms with E-state index in [-0.39, 0.29) is 12.4 Å². The molecular weight excluding hydrogens is 266 g/mol. The highest BCUT2D eigenvalue weighted by Gasteiger charge is 2.25. The van der Waals surface area contributed by atoms with Crippen molar-refractivity contribution >= 4 is 11.5 Å². The number of carbonyl (C=O) groups is 1. The Hall–Kier alpha value is -1.55. The van der Waals surface area contributed by atoms with Crippen LogP contribution in [0.1, 0.15) is 49.4 Å². The van der Waals surface area contributed by atoms with Crippen LogP contribution in [0.2, 0.25) is 0 Å². The van der Waals surface area contributed by atoms with Crippen LogP contribution in [-0.2, 0) is 0 Å². The van der Waals surface area contributed by atoms with Gasteiger partial charge in [0.2, 0.25) is 0 Å². The number of Topliss-reactive ketones (excluding diaryl/α,β-unsaturated/α-hetero) is 1. The molecule has 1 N–H and O–H groups in total. The zero-order chi connectivity index (χ0) is 15.2. The van der Waals surface area contributed by atoms with Crippen molar-refractivity contribution in [2.45, 2.75) is 45.1 Å². The first-order valence-corrected chi connectivity index (χ1v) is 7.74. The number of aliphatic hydroxyl groups excluding tert-OH is 1. The van der Waals surface area contributed by atoms with Crippen LogP contribution in [0.3, 0.4) is 0 Å². The molecule has 21 heavy (non-hydrogen) atoms. The van der Waals surface area contributed by atoms with Crippen molar-refractivity contribution in [1.82, 2.24) is 0 Å². The van der Waals surface area contributed by atoms with Gasteiger partial charge in [-0.15, -0.1) is 0 Å². The van der Waals surface area contributed by atoms with Crippen molar-refractivity contribution < 1.29 is 14.6 Å². The molecule has 0 saturated heterocycles. The Balaban J connectivity index is 2.41. The van der Waals surface area contributed by atoms with Crippen molar-refractivity contribution in [3.63, 3.8) is 0 Å². The average molecular weight is 291 g/mol. The molecule has 1 aromatic rings. The Morgan fingerprint density at radius 1 is 1.33 bits per heavy atom. The summed E-state index contributed by atoms with van der Waals surface area (Å²) in [4.78, 5) is 14.3. The van der Waals surface area contributed by atoms with Gasteiger partial charge < -0.3 is 14.7 Å². The van der Waals surface area contributed by atoms with Gasteiger partial charge in [0.1, 0.15) is 5.75 Å². The van der Waals surface area contributed by atoms with Gasteiger partial charge in [-0.25, -0.2) is 0 Å². The van der Waals surface area contributed by atoms with Crippen LogP contribution in [0.4, 0.5) is 5.69 Å². The first-order chi connectivity index (χ1) is 10.2. The Morgan fingerprint density at radius 3 is 2.62 bits per heavy atom. The van der Waals surface area contributed by atoms with E-state index in [1.807, 2.05) is 18.2 Å². The van der Waals surface area contributed by atoms with E-state index in [0.29, 0.717) is 23.9 Å². The summed E-state index contributed by atoms with van der Waals surface area (Å²) in [6.45, 7) is 2.21. The number of benzene rings is 1. The summed E-state index contributed by atoms with van der Waals surface area (Å²) in [6, 6.07) is 6.09. The van der Waals surface area contributed by atoms with Gasteiger partial charge in [-0.05, 0) is 31.9 Å². The van der Waals surface area contributed by atoms with Gasteiger partial charge in [0.15, 0.2) is 5.78 Å². The van der Waals surface area contributed by atoms with E-state index >= 15 is 0 Å². The number of nitrogens with zero attached hydrogens (tertiary/aromatic N) is 1. The van der Waals surface area contributed by atoms with E-state index in [2.05, 4.69) is 4.90 Å². The molecule has 0 bridgehead atoms. The van der Waals surface area contributed by atoms with Crippen LogP contribution in [0.15, 0.2) is 18.2 Å². The normalized spacial score (nSPS) is 15.8. The van der Waals surface area contributed by atoms with E-state index < -0.39 is 0 Å². The molecule has 0 heterocycles. The number of aliphatic hydroxyl groups is 1. The molecule has 2 rings (SSSR count). The fourth-order valence-electron chi connectivity index (χ4n) is 3.28. The van der Waals surface area contributed by atoms with Gasteiger partial charge in [0.05, 0.1) is 25.0 Å². The van der Waals surface area contributed by atoms with Gasteiger partial charge in [0.25, 0.3) is 0 Å². The molecule has 0 spiro atoms. The van der Waals surface area contributed by atoms with E-state index in [0.717, 1.165) is 18.5 Å². The lowest BCUT2D eigenvalue weighted by Crippen LogP contribution is -2.39. The van der Waals surface area contributed by atoms with Crippen molar-refractivity contribution in [3.8, 4) is 5.75 Å². The lowest BCUT2D eigenvalue weighted by atomic mass is 9.93. The maximum absolute atomic E-state index is 12.1. The Labute approximate surface area is 126 Å². The summed E-state index contributed by atoms with van der Waals surface area (Å²) >= 11 is 0.